The fourth-order valence-electron chi connectivity index (χ4n) is 2.51. The molecule has 3 heterocycles. The molecule has 1 aliphatic heterocycles. The van der Waals surface area contributed by atoms with Crippen LogP contribution in [0, 0.1) is 0 Å². The van der Waals surface area contributed by atoms with Gasteiger partial charge in [-0.3, -0.25) is 9.78 Å². The number of rotatable bonds is 2. The van der Waals surface area contributed by atoms with Crippen LogP contribution < -0.4 is 11.1 Å². The predicted molar refractivity (Wildman–Crippen MR) is 70.4 cm³/mol. The Hall–Kier alpha value is -2.42. The molecule has 0 fully saturated rings. The van der Waals surface area contributed by atoms with Crippen LogP contribution in [0.1, 0.15) is 27.9 Å². The zero-order valence-corrected chi connectivity index (χ0v) is 11.3. The molecule has 1 atom stereocenters. The molecule has 6 nitrogen and oxygen atoms in total. The highest BCUT2D eigenvalue weighted by atomic mass is 19.4. The molecule has 0 aliphatic carbocycles. The summed E-state index contributed by atoms with van der Waals surface area (Å²) >= 11 is 0. The minimum Gasteiger partial charge on any atom is -0.364 e. The van der Waals surface area contributed by atoms with Crippen LogP contribution in [0.25, 0.3) is 5.69 Å². The molecule has 1 aliphatic rings. The molecule has 9 heteroatoms. The van der Waals surface area contributed by atoms with E-state index >= 15 is 0 Å². The lowest BCUT2D eigenvalue weighted by Gasteiger charge is -2.26. The van der Waals surface area contributed by atoms with E-state index in [0.717, 1.165) is 0 Å². The number of nitrogens with one attached hydrogen (secondary N) is 1. The number of alkyl halides is 3. The fourth-order valence-corrected chi connectivity index (χ4v) is 2.51. The van der Waals surface area contributed by atoms with Gasteiger partial charge in [0, 0.05) is 24.9 Å². The Balaban J connectivity index is 2.06. The summed E-state index contributed by atoms with van der Waals surface area (Å²) in [5.41, 5.74) is 6.13. The smallest absolute Gasteiger partial charge is 0.364 e. The zero-order valence-electron chi connectivity index (χ0n) is 11.3. The number of hydrogen-bond acceptors (Lipinski definition) is 4. The van der Waals surface area contributed by atoms with Crippen LogP contribution >= 0.6 is 0 Å². The summed E-state index contributed by atoms with van der Waals surface area (Å²) in [6, 6.07) is 1.23. The number of fused-ring (bicyclic) bond motifs is 1. The normalized spacial score (nSPS) is 18.0. The molecule has 0 spiro atoms. The Kier molecular flexibility index (Phi) is 3.36. The number of nitrogens with two attached hydrogens (primary N) is 1. The number of amides is 1. The number of carbonyl (C=O) groups is 1. The molecule has 22 heavy (non-hydrogen) atoms. The number of primary amides is 1. The number of hydrogen-bond donors (Lipinski definition) is 2. The Morgan fingerprint density at radius 2 is 2.18 bits per heavy atom. The van der Waals surface area contributed by atoms with Gasteiger partial charge in [-0.2, -0.15) is 13.2 Å². The third-order valence-corrected chi connectivity index (χ3v) is 3.48. The highest BCUT2D eigenvalue weighted by molar-refractivity contribution is 5.91. The van der Waals surface area contributed by atoms with Gasteiger partial charge in [-0.15, -0.1) is 0 Å². The van der Waals surface area contributed by atoms with Crippen molar-refractivity contribution in [3.8, 4) is 5.69 Å². The number of pyridine rings is 1. The van der Waals surface area contributed by atoms with Gasteiger partial charge in [0.15, 0.2) is 0 Å². The molecular formula is C13H12F3N5O. The van der Waals surface area contributed by atoms with E-state index < -0.39 is 18.1 Å². The van der Waals surface area contributed by atoms with Gasteiger partial charge >= 0.3 is 6.18 Å². The second-order valence-electron chi connectivity index (χ2n) is 4.89. The lowest BCUT2D eigenvalue weighted by molar-refractivity contribution is -0.159. The van der Waals surface area contributed by atoms with Crippen molar-refractivity contribution in [2.45, 2.75) is 18.6 Å². The molecule has 1 amide bonds. The predicted octanol–water partition coefficient (Wildman–Crippen LogP) is 1.12. The van der Waals surface area contributed by atoms with Crippen LogP contribution in [0.2, 0.25) is 0 Å². The summed E-state index contributed by atoms with van der Waals surface area (Å²) in [6.07, 6.45) is -1.32. The molecule has 0 saturated heterocycles. The molecule has 0 bridgehead atoms. The van der Waals surface area contributed by atoms with Crippen LogP contribution in [0.3, 0.4) is 0 Å². The SMILES string of the molecule is NC(=O)c1cc(-n2cnc3c2CCNC3C(F)(F)F)ccn1. The van der Waals surface area contributed by atoms with E-state index in [-0.39, 0.29) is 17.9 Å². The first kappa shape index (κ1) is 14.5. The van der Waals surface area contributed by atoms with Crippen molar-refractivity contribution in [1.82, 2.24) is 19.9 Å². The van der Waals surface area contributed by atoms with Gasteiger partial charge in [0.25, 0.3) is 5.91 Å². The summed E-state index contributed by atoms with van der Waals surface area (Å²) < 4.78 is 40.6. The second-order valence-corrected chi connectivity index (χ2v) is 4.89. The lowest BCUT2D eigenvalue weighted by atomic mass is 10.0. The monoisotopic (exact) mass is 311 g/mol. The van der Waals surface area contributed by atoms with Crippen LogP contribution in [0.4, 0.5) is 13.2 Å². The van der Waals surface area contributed by atoms with E-state index in [2.05, 4.69) is 15.3 Å². The Morgan fingerprint density at radius 3 is 2.86 bits per heavy atom. The van der Waals surface area contributed by atoms with Crippen LogP contribution in [-0.2, 0) is 6.42 Å². The van der Waals surface area contributed by atoms with Crippen molar-refractivity contribution in [3.63, 3.8) is 0 Å². The van der Waals surface area contributed by atoms with E-state index in [9.17, 15) is 18.0 Å². The van der Waals surface area contributed by atoms with Gasteiger partial charge in [-0.05, 0) is 12.1 Å². The van der Waals surface area contributed by atoms with E-state index in [0.29, 0.717) is 17.8 Å². The lowest BCUT2D eigenvalue weighted by Crippen LogP contribution is -2.39. The van der Waals surface area contributed by atoms with Crippen LogP contribution in [-0.4, -0.2) is 33.2 Å². The minimum atomic E-state index is -4.41. The van der Waals surface area contributed by atoms with Gasteiger partial charge in [0.1, 0.15) is 11.7 Å². The summed E-state index contributed by atoms with van der Waals surface area (Å²) in [4.78, 5) is 18.9. The summed E-state index contributed by atoms with van der Waals surface area (Å²) in [5, 5.41) is 2.42. The average molecular weight is 311 g/mol. The number of nitrogens with zero attached hydrogens (tertiary/aromatic N) is 3. The van der Waals surface area contributed by atoms with Crippen molar-refractivity contribution in [2.75, 3.05) is 6.54 Å². The molecular weight excluding hydrogens is 299 g/mol. The van der Waals surface area contributed by atoms with E-state index in [1.165, 1.54) is 23.2 Å². The van der Waals surface area contributed by atoms with Crippen molar-refractivity contribution < 1.29 is 18.0 Å². The summed E-state index contributed by atoms with van der Waals surface area (Å²) in [5.74, 6) is -0.703. The molecule has 0 aromatic carbocycles. The molecule has 116 valence electrons. The van der Waals surface area contributed by atoms with Crippen molar-refractivity contribution in [3.05, 3.63) is 41.7 Å². The third-order valence-electron chi connectivity index (χ3n) is 3.48. The highest BCUT2D eigenvalue weighted by Gasteiger charge is 2.45. The summed E-state index contributed by atoms with van der Waals surface area (Å²) in [6.45, 7) is 0.191. The minimum absolute atomic E-state index is 0.0428. The van der Waals surface area contributed by atoms with Gasteiger partial charge in [-0.1, -0.05) is 0 Å². The average Bonchev–Trinajstić information content (AvgIpc) is 2.90. The molecule has 3 N–H and O–H groups in total. The third kappa shape index (κ3) is 2.43. The molecule has 2 aromatic heterocycles. The van der Waals surface area contributed by atoms with Gasteiger partial charge in [0.05, 0.1) is 17.7 Å². The first-order chi connectivity index (χ1) is 10.4. The molecule has 2 aromatic rings. The molecule has 0 radical (unpaired) electrons. The fraction of sp³-hybridized carbons (Fsp3) is 0.308. The zero-order chi connectivity index (χ0) is 15.9. The maximum absolute atomic E-state index is 13.0. The quantitative estimate of drug-likeness (QED) is 0.870. The first-order valence-electron chi connectivity index (χ1n) is 6.50. The molecule has 3 rings (SSSR count). The molecule has 1 unspecified atom stereocenters. The largest absolute Gasteiger partial charge is 0.409 e. The first-order valence-corrected chi connectivity index (χ1v) is 6.50. The second kappa shape index (κ2) is 5.09. The molecule has 0 saturated carbocycles. The van der Waals surface area contributed by atoms with Crippen molar-refractivity contribution >= 4 is 5.91 Å². The van der Waals surface area contributed by atoms with Gasteiger partial charge in [0.2, 0.25) is 0 Å². The topological polar surface area (TPSA) is 85.8 Å². The van der Waals surface area contributed by atoms with Crippen LogP contribution in [0.15, 0.2) is 24.7 Å². The summed E-state index contributed by atoms with van der Waals surface area (Å²) in [7, 11) is 0. The Morgan fingerprint density at radius 1 is 1.41 bits per heavy atom. The maximum atomic E-state index is 13.0. The number of imidazole rings is 1. The maximum Gasteiger partial charge on any atom is 0.409 e. The van der Waals surface area contributed by atoms with Crippen molar-refractivity contribution in [2.24, 2.45) is 5.73 Å². The van der Waals surface area contributed by atoms with E-state index in [1.54, 1.807) is 6.07 Å². The van der Waals surface area contributed by atoms with E-state index in [4.69, 9.17) is 5.73 Å². The van der Waals surface area contributed by atoms with Gasteiger partial charge in [-0.25, -0.2) is 4.98 Å². The highest BCUT2D eigenvalue weighted by Crippen LogP contribution is 2.36. The number of halogens is 3. The Labute approximate surface area is 123 Å². The van der Waals surface area contributed by atoms with Gasteiger partial charge < -0.3 is 15.6 Å². The van der Waals surface area contributed by atoms with E-state index in [1.807, 2.05) is 0 Å². The standard InChI is InChI=1S/C13H12F3N5O/c14-13(15,16)11-10-9(2-4-19-11)21(6-20-10)7-1-3-18-8(5-7)12(17)22/h1,3,5-6,11,19H,2,4H2,(H2,17,22). The number of carbonyl (C=O) groups excluding carboxylic acids is 1. The van der Waals surface area contributed by atoms with Crippen LogP contribution in [0.5, 0.6) is 0 Å². The Bertz CT molecular complexity index is 725. The number of aromatic nitrogens is 3. The van der Waals surface area contributed by atoms with Crippen molar-refractivity contribution in [1.29, 1.82) is 0 Å².